The van der Waals surface area contributed by atoms with E-state index in [1.165, 1.54) is 10.8 Å². The Hall–Kier alpha value is -0.510. The van der Waals surface area contributed by atoms with E-state index in [4.69, 9.17) is 0 Å². The molecule has 56 valence electrons. The summed E-state index contributed by atoms with van der Waals surface area (Å²) in [6.07, 6.45) is 0. The summed E-state index contributed by atoms with van der Waals surface area (Å²) in [7, 11) is 0. The lowest BCUT2D eigenvalue weighted by Crippen LogP contribution is -2.25. The summed E-state index contributed by atoms with van der Waals surface area (Å²) in [6.45, 7) is 2.12. The topological polar surface area (TPSA) is 12.4 Å². The standard InChI is InChI=1S/C9H8IN/c1-7-2-3-9-8(4-7)5-10-6-11-9/h2-6H,1H3. The molecule has 0 aliphatic carbocycles. The third-order valence-electron chi connectivity index (χ3n) is 1.61. The van der Waals surface area contributed by atoms with Gasteiger partial charge in [-0.2, -0.15) is 0 Å². The van der Waals surface area contributed by atoms with Crippen LogP contribution in [0.4, 0.5) is 0 Å². The van der Waals surface area contributed by atoms with Crippen molar-refractivity contribution in [3.8, 4) is 0 Å². The molecule has 1 aliphatic rings. The fourth-order valence-electron chi connectivity index (χ4n) is 1.06. The van der Waals surface area contributed by atoms with Gasteiger partial charge < -0.3 is 0 Å². The highest BCUT2D eigenvalue weighted by atomic mass is 127. The van der Waals surface area contributed by atoms with Crippen LogP contribution in [0.1, 0.15) is 5.56 Å². The predicted octanol–water partition coefficient (Wildman–Crippen LogP) is 1.10. The first-order valence-electron chi connectivity index (χ1n) is 3.44. The highest BCUT2D eigenvalue weighted by Crippen LogP contribution is 1.98. The molecule has 2 heteroatoms. The maximum absolute atomic E-state index is 4.33. The van der Waals surface area contributed by atoms with Gasteiger partial charge in [0, 0.05) is 5.22 Å². The molecule has 0 radical (unpaired) electrons. The molecule has 0 aromatic heterocycles. The van der Waals surface area contributed by atoms with Crippen LogP contribution >= 0.6 is 20.7 Å². The molecule has 0 unspecified atom stereocenters. The summed E-state index contributed by atoms with van der Waals surface area (Å²) in [5, 5.41) is 2.45. The van der Waals surface area contributed by atoms with Gasteiger partial charge in [-0.1, -0.05) is 32.4 Å². The molecule has 2 rings (SSSR count). The third-order valence-corrected chi connectivity index (χ3v) is 3.24. The van der Waals surface area contributed by atoms with Gasteiger partial charge in [-0.15, -0.1) is 0 Å². The van der Waals surface area contributed by atoms with Crippen LogP contribution in [0.2, 0.25) is 0 Å². The normalized spacial score (nSPS) is 13.9. The van der Waals surface area contributed by atoms with Crippen molar-refractivity contribution >= 4 is 28.9 Å². The number of rotatable bonds is 0. The van der Waals surface area contributed by atoms with E-state index in [0.717, 1.165) is 5.36 Å². The number of hydrogen-bond acceptors (Lipinski definition) is 1. The number of nitrogens with zero attached hydrogens (tertiary/aromatic N) is 1. The van der Waals surface area contributed by atoms with Gasteiger partial charge in [0.2, 0.25) is 0 Å². The molecule has 0 N–H and O–H groups in total. The molecule has 0 saturated heterocycles. The Balaban J connectivity index is 2.86. The molecule has 0 spiro atoms. The predicted molar refractivity (Wildman–Crippen MR) is 56.5 cm³/mol. The molecule has 0 amide bonds. The van der Waals surface area contributed by atoms with Crippen molar-refractivity contribution in [3.63, 3.8) is 0 Å². The molecule has 0 saturated carbocycles. The van der Waals surface area contributed by atoms with Crippen LogP contribution in [0.25, 0.3) is 4.08 Å². The van der Waals surface area contributed by atoms with E-state index in [1.807, 2.05) is 0 Å². The zero-order valence-corrected chi connectivity index (χ0v) is 8.37. The summed E-state index contributed by atoms with van der Waals surface area (Å²) in [5.41, 5.74) is 1.32. The molecule has 0 bridgehead atoms. The van der Waals surface area contributed by atoms with E-state index in [-0.39, 0.29) is 20.7 Å². The van der Waals surface area contributed by atoms with Crippen LogP contribution in [0.15, 0.2) is 23.2 Å². The molecule has 1 heterocycles. The van der Waals surface area contributed by atoms with Gasteiger partial charge in [-0.25, -0.2) is 0 Å². The van der Waals surface area contributed by atoms with E-state index in [2.05, 4.69) is 38.3 Å². The van der Waals surface area contributed by atoms with E-state index in [1.54, 1.807) is 0 Å². The smallest absolute Gasteiger partial charge is 0.0711 e. The van der Waals surface area contributed by atoms with Crippen LogP contribution < -0.4 is 10.6 Å². The van der Waals surface area contributed by atoms with Gasteiger partial charge in [0.15, 0.2) is 0 Å². The highest BCUT2D eigenvalue weighted by Gasteiger charge is 1.89. The average molecular weight is 257 g/mol. The van der Waals surface area contributed by atoms with Gasteiger partial charge in [0.1, 0.15) is 0 Å². The first-order chi connectivity index (χ1) is 5.36. The SMILES string of the molecule is Cc1ccc2c(c1)=CI=CN=2. The molecule has 1 nitrogen and oxygen atoms in total. The van der Waals surface area contributed by atoms with Crippen molar-refractivity contribution in [2.75, 3.05) is 0 Å². The van der Waals surface area contributed by atoms with Gasteiger partial charge >= 0.3 is 0 Å². The molecule has 1 aromatic rings. The molecule has 1 aromatic carbocycles. The van der Waals surface area contributed by atoms with Crippen LogP contribution in [0.3, 0.4) is 0 Å². The second-order valence-electron chi connectivity index (χ2n) is 2.52. The van der Waals surface area contributed by atoms with Crippen molar-refractivity contribution in [3.05, 3.63) is 34.3 Å². The Morgan fingerprint density at radius 3 is 3.18 bits per heavy atom. The summed E-state index contributed by atoms with van der Waals surface area (Å²) in [5.74, 6) is 0. The molecule has 0 fully saturated rings. The van der Waals surface area contributed by atoms with Crippen molar-refractivity contribution in [2.24, 2.45) is 4.99 Å². The minimum Gasteiger partial charge on any atom is -0.250 e. The Kier molecular flexibility index (Phi) is 1.85. The Morgan fingerprint density at radius 2 is 2.27 bits per heavy atom. The lowest BCUT2D eigenvalue weighted by molar-refractivity contribution is 1.33. The Labute approximate surface area is 75.2 Å². The summed E-state index contributed by atoms with van der Waals surface area (Å²) in [6, 6.07) is 6.39. The lowest BCUT2D eigenvalue weighted by atomic mass is 10.2. The number of benzene rings is 1. The molecular formula is C9H8IN. The zero-order valence-electron chi connectivity index (χ0n) is 6.21. The third kappa shape index (κ3) is 1.40. The number of aryl methyl sites for hydroxylation is 1. The summed E-state index contributed by atoms with van der Waals surface area (Å²) >= 11 is 0.0963. The number of hydrogen-bond donors (Lipinski definition) is 0. The van der Waals surface area contributed by atoms with E-state index in [9.17, 15) is 0 Å². The highest BCUT2D eigenvalue weighted by molar-refractivity contribution is 14.2. The van der Waals surface area contributed by atoms with Crippen LogP contribution in [0, 0.1) is 6.92 Å². The average Bonchev–Trinajstić information content (AvgIpc) is 2.04. The van der Waals surface area contributed by atoms with Gasteiger partial charge in [0.05, 0.1) is 9.49 Å². The lowest BCUT2D eigenvalue weighted by Gasteiger charge is -1.94. The fraction of sp³-hybridized carbons (Fsp3) is 0.111. The molecule has 11 heavy (non-hydrogen) atoms. The largest absolute Gasteiger partial charge is 0.250 e. The zero-order chi connectivity index (χ0) is 7.68. The van der Waals surface area contributed by atoms with E-state index >= 15 is 0 Å². The fourth-order valence-corrected chi connectivity index (χ4v) is 2.56. The Bertz CT molecular complexity index is 418. The second kappa shape index (κ2) is 2.85. The maximum atomic E-state index is 4.33. The molecule has 1 aliphatic heterocycles. The number of halogens is 1. The van der Waals surface area contributed by atoms with Gasteiger partial charge in [-0.05, 0) is 23.1 Å². The number of fused-ring (bicyclic) bond motifs is 1. The summed E-state index contributed by atoms with van der Waals surface area (Å²) in [4.78, 5) is 4.33. The minimum atomic E-state index is 0.0963. The van der Waals surface area contributed by atoms with Crippen LogP contribution in [0.5, 0.6) is 0 Å². The molecule has 0 atom stereocenters. The van der Waals surface area contributed by atoms with Crippen molar-refractivity contribution in [1.29, 1.82) is 0 Å². The van der Waals surface area contributed by atoms with Gasteiger partial charge in [0.25, 0.3) is 0 Å². The van der Waals surface area contributed by atoms with Crippen LogP contribution in [-0.2, 0) is 0 Å². The minimum absolute atomic E-state index is 0.0963. The molecular weight excluding hydrogens is 249 g/mol. The monoisotopic (exact) mass is 257 g/mol. The van der Waals surface area contributed by atoms with Crippen LogP contribution in [-0.4, -0.2) is 4.14 Å². The Morgan fingerprint density at radius 1 is 1.36 bits per heavy atom. The van der Waals surface area contributed by atoms with Crippen molar-refractivity contribution in [2.45, 2.75) is 6.92 Å². The van der Waals surface area contributed by atoms with E-state index in [0.29, 0.717) is 0 Å². The van der Waals surface area contributed by atoms with E-state index < -0.39 is 0 Å². The summed E-state index contributed by atoms with van der Waals surface area (Å²) < 4.78 is 4.37. The first kappa shape index (κ1) is 7.16. The maximum Gasteiger partial charge on any atom is 0.0711 e. The van der Waals surface area contributed by atoms with Crippen molar-refractivity contribution < 1.29 is 0 Å². The van der Waals surface area contributed by atoms with Crippen molar-refractivity contribution in [1.82, 2.24) is 0 Å². The van der Waals surface area contributed by atoms with Gasteiger partial charge in [-0.3, -0.25) is 4.99 Å². The first-order valence-corrected chi connectivity index (χ1v) is 5.94. The quantitative estimate of drug-likeness (QED) is 0.617. The second-order valence-corrected chi connectivity index (χ2v) is 4.42.